The summed E-state index contributed by atoms with van der Waals surface area (Å²) in [6, 6.07) is 10.4. The lowest BCUT2D eigenvalue weighted by molar-refractivity contribution is 0.165. The topological polar surface area (TPSA) is 35.2 Å². The number of rotatable bonds is 1. The Morgan fingerprint density at radius 3 is 2.89 bits per heavy atom. The van der Waals surface area contributed by atoms with Crippen molar-refractivity contribution in [3.05, 3.63) is 50.1 Å². The van der Waals surface area contributed by atoms with Crippen molar-refractivity contribution in [2.45, 2.75) is 25.5 Å². The van der Waals surface area contributed by atoms with E-state index in [0.29, 0.717) is 0 Å². The molecule has 1 aromatic carbocycles. The molecule has 0 spiro atoms. The van der Waals surface area contributed by atoms with E-state index in [1.807, 2.05) is 18.2 Å². The summed E-state index contributed by atoms with van der Waals surface area (Å²) < 4.78 is 7.11. The minimum atomic E-state index is 0.0502. The third-order valence-corrected chi connectivity index (χ3v) is 4.78. The monoisotopic (exact) mass is 323 g/mol. The summed E-state index contributed by atoms with van der Waals surface area (Å²) >= 11 is 5.26. The molecule has 2 heterocycles. The van der Waals surface area contributed by atoms with E-state index in [-0.39, 0.29) is 12.1 Å². The van der Waals surface area contributed by atoms with E-state index in [1.54, 1.807) is 11.3 Å². The van der Waals surface area contributed by atoms with Gasteiger partial charge in [-0.15, -0.1) is 11.3 Å². The molecule has 2 unspecified atom stereocenters. The molecule has 1 aromatic heterocycles. The number of hydrogen-bond acceptors (Lipinski definition) is 3. The van der Waals surface area contributed by atoms with Gasteiger partial charge >= 0.3 is 0 Å². The first-order valence-electron chi connectivity index (χ1n) is 5.91. The van der Waals surface area contributed by atoms with Crippen LogP contribution in [0, 0.1) is 6.92 Å². The van der Waals surface area contributed by atoms with Crippen LogP contribution in [0.1, 0.15) is 33.9 Å². The highest BCUT2D eigenvalue weighted by Gasteiger charge is 2.27. The molecule has 1 aliphatic rings. The molecule has 2 N–H and O–H groups in total. The van der Waals surface area contributed by atoms with Crippen LogP contribution in [0.15, 0.2) is 34.8 Å². The van der Waals surface area contributed by atoms with Crippen molar-refractivity contribution in [3.63, 3.8) is 0 Å². The smallest absolute Gasteiger partial charge is 0.135 e. The Hall–Kier alpha value is -0.840. The van der Waals surface area contributed by atoms with Crippen molar-refractivity contribution < 1.29 is 4.74 Å². The Kier molecular flexibility index (Phi) is 3.18. The van der Waals surface area contributed by atoms with Crippen molar-refractivity contribution in [2.24, 2.45) is 5.73 Å². The van der Waals surface area contributed by atoms with Crippen LogP contribution in [0.25, 0.3) is 0 Å². The first kappa shape index (κ1) is 12.2. The van der Waals surface area contributed by atoms with Gasteiger partial charge < -0.3 is 10.5 Å². The van der Waals surface area contributed by atoms with Crippen molar-refractivity contribution >= 4 is 27.3 Å². The standard InChI is InChI=1S/C14H14BrNOS/c1-8-2-5-14(18-8)13-7-11(16)10-4-3-9(15)6-12(10)17-13/h2-6,11,13H,7,16H2,1H3. The third kappa shape index (κ3) is 2.20. The molecule has 0 saturated heterocycles. The number of benzene rings is 1. The first-order valence-corrected chi connectivity index (χ1v) is 7.52. The quantitative estimate of drug-likeness (QED) is 0.847. The van der Waals surface area contributed by atoms with Crippen LogP contribution in [-0.4, -0.2) is 0 Å². The molecule has 0 amide bonds. The van der Waals surface area contributed by atoms with Gasteiger partial charge in [0.05, 0.1) is 0 Å². The summed E-state index contributed by atoms with van der Waals surface area (Å²) in [5.74, 6) is 0.902. The van der Waals surface area contributed by atoms with Crippen LogP contribution in [0.3, 0.4) is 0 Å². The van der Waals surface area contributed by atoms with E-state index in [1.165, 1.54) is 9.75 Å². The van der Waals surface area contributed by atoms with Gasteiger partial charge in [-0.25, -0.2) is 0 Å². The molecular formula is C14H14BrNOS. The molecule has 0 bridgehead atoms. The molecule has 0 radical (unpaired) electrons. The predicted octanol–water partition coefficient (Wildman–Crippen LogP) is 4.34. The Morgan fingerprint density at radius 2 is 2.17 bits per heavy atom. The van der Waals surface area contributed by atoms with E-state index in [9.17, 15) is 0 Å². The fourth-order valence-electron chi connectivity index (χ4n) is 2.28. The van der Waals surface area contributed by atoms with Gasteiger partial charge in [-0.2, -0.15) is 0 Å². The zero-order chi connectivity index (χ0) is 12.7. The average Bonchev–Trinajstić information content (AvgIpc) is 2.75. The van der Waals surface area contributed by atoms with Gasteiger partial charge in [-0.1, -0.05) is 22.0 Å². The molecule has 3 rings (SSSR count). The molecule has 1 aliphatic heterocycles. The van der Waals surface area contributed by atoms with Crippen LogP contribution in [0.5, 0.6) is 5.75 Å². The van der Waals surface area contributed by atoms with Gasteiger partial charge in [0.1, 0.15) is 11.9 Å². The maximum atomic E-state index is 6.24. The third-order valence-electron chi connectivity index (χ3n) is 3.19. The highest BCUT2D eigenvalue weighted by atomic mass is 79.9. The summed E-state index contributed by atoms with van der Waals surface area (Å²) in [6.07, 6.45) is 0.926. The largest absolute Gasteiger partial charge is 0.484 e. The number of ether oxygens (including phenoxy) is 1. The normalized spacial score (nSPS) is 22.4. The average molecular weight is 324 g/mol. The number of halogens is 1. The SMILES string of the molecule is Cc1ccc(C2CC(N)c3ccc(Br)cc3O2)s1. The van der Waals surface area contributed by atoms with Gasteiger partial charge in [-0.05, 0) is 31.2 Å². The second-order valence-electron chi connectivity index (χ2n) is 4.58. The van der Waals surface area contributed by atoms with E-state index >= 15 is 0 Å². The van der Waals surface area contributed by atoms with E-state index in [4.69, 9.17) is 10.5 Å². The molecule has 2 nitrogen and oxygen atoms in total. The molecule has 18 heavy (non-hydrogen) atoms. The van der Waals surface area contributed by atoms with E-state index in [0.717, 1.165) is 22.2 Å². The Balaban J connectivity index is 1.95. The maximum absolute atomic E-state index is 6.24. The number of fused-ring (bicyclic) bond motifs is 1. The van der Waals surface area contributed by atoms with Crippen LogP contribution >= 0.6 is 27.3 Å². The number of aryl methyl sites for hydroxylation is 1. The Labute approximate surface area is 119 Å². The van der Waals surface area contributed by atoms with Crippen molar-refractivity contribution in [2.75, 3.05) is 0 Å². The summed E-state index contributed by atoms with van der Waals surface area (Å²) in [5.41, 5.74) is 7.34. The van der Waals surface area contributed by atoms with Crippen LogP contribution in [0.2, 0.25) is 0 Å². The van der Waals surface area contributed by atoms with Crippen LogP contribution in [-0.2, 0) is 0 Å². The maximum Gasteiger partial charge on any atom is 0.135 e. The molecular weight excluding hydrogens is 310 g/mol. The van der Waals surface area contributed by atoms with Gasteiger partial charge in [-0.3, -0.25) is 0 Å². The zero-order valence-electron chi connectivity index (χ0n) is 10.0. The van der Waals surface area contributed by atoms with Gasteiger partial charge in [0, 0.05) is 32.3 Å². The number of nitrogens with two attached hydrogens (primary N) is 1. The van der Waals surface area contributed by atoms with E-state index in [2.05, 4.69) is 35.0 Å². The zero-order valence-corrected chi connectivity index (χ0v) is 12.4. The summed E-state index contributed by atoms with van der Waals surface area (Å²) in [6.45, 7) is 2.11. The van der Waals surface area contributed by atoms with E-state index < -0.39 is 0 Å². The van der Waals surface area contributed by atoms with Gasteiger partial charge in [0.25, 0.3) is 0 Å². The van der Waals surface area contributed by atoms with Crippen molar-refractivity contribution in [1.82, 2.24) is 0 Å². The lowest BCUT2D eigenvalue weighted by atomic mass is 9.97. The Bertz CT molecular complexity index is 581. The lowest BCUT2D eigenvalue weighted by Crippen LogP contribution is -2.23. The fraction of sp³-hybridized carbons (Fsp3) is 0.286. The molecule has 94 valence electrons. The Morgan fingerprint density at radius 1 is 1.33 bits per heavy atom. The fourth-order valence-corrected chi connectivity index (χ4v) is 3.54. The minimum Gasteiger partial charge on any atom is -0.484 e. The lowest BCUT2D eigenvalue weighted by Gasteiger charge is -2.29. The first-order chi connectivity index (χ1) is 8.63. The number of thiophene rings is 1. The highest BCUT2D eigenvalue weighted by Crippen LogP contribution is 2.42. The summed E-state index contributed by atoms with van der Waals surface area (Å²) in [4.78, 5) is 2.57. The molecule has 0 saturated carbocycles. The van der Waals surface area contributed by atoms with Crippen molar-refractivity contribution in [3.8, 4) is 5.75 Å². The second-order valence-corrected chi connectivity index (χ2v) is 6.81. The van der Waals surface area contributed by atoms with Crippen molar-refractivity contribution in [1.29, 1.82) is 0 Å². The second kappa shape index (κ2) is 4.68. The van der Waals surface area contributed by atoms with Gasteiger partial charge in [0.15, 0.2) is 0 Å². The highest BCUT2D eigenvalue weighted by molar-refractivity contribution is 9.10. The van der Waals surface area contributed by atoms with Crippen LogP contribution in [0.4, 0.5) is 0 Å². The summed E-state index contributed by atoms with van der Waals surface area (Å²) in [5, 5.41) is 0. The molecule has 2 atom stereocenters. The predicted molar refractivity (Wildman–Crippen MR) is 78.1 cm³/mol. The molecule has 4 heteroatoms. The van der Waals surface area contributed by atoms with Gasteiger partial charge in [0.2, 0.25) is 0 Å². The molecule has 2 aromatic rings. The minimum absolute atomic E-state index is 0.0502. The summed E-state index contributed by atoms with van der Waals surface area (Å²) in [7, 11) is 0. The number of hydrogen-bond donors (Lipinski definition) is 1. The molecule has 0 fully saturated rings. The molecule has 0 aliphatic carbocycles. The van der Waals surface area contributed by atoms with Crippen LogP contribution < -0.4 is 10.5 Å².